The molecule has 0 spiro atoms. The van der Waals surface area contributed by atoms with E-state index >= 15 is 0 Å². The number of fused-ring (bicyclic) bond motifs is 1. The van der Waals surface area contributed by atoms with E-state index in [1.807, 2.05) is 30.0 Å². The number of carbonyl (C=O) groups is 1. The number of amides is 1. The Hall–Kier alpha value is -2.60. The Labute approximate surface area is 185 Å². The molecular weight excluding hydrogens is 408 g/mol. The molecule has 166 valence electrons. The van der Waals surface area contributed by atoms with E-state index in [4.69, 9.17) is 0 Å². The maximum absolute atomic E-state index is 13.4. The van der Waals surface area contributed by atoms with Crippen LogP contribution in [0.25, 0.3) is 10.9 Å². The lowest BCUT2D eigenvalue weighted by molar-refractivity contribution is -0.132. The molecule has 0 saturated carbocycles. The zero-order valence-corrected chi connectivity index (χ0v) is 19.8. The number of aryl methyl sites for hydroxylation is 1. The van der Waals surface area contributed by atoms with E-state index in [1.54, 1.807) is 41.1 Å². The second-order valence-corrected chi connectivity index (χ2v) is 11.0. The summed E-state index contributed by atoms with van der Waals surface area (Å²) < 4.78 is 28.5. The Kier molecular flexibility index (Phi) is 6.90. The minimum Gasteiger partial charge on any atom is -0.341 e. The number of rotatable bonds is 8. The maximum atomic E-state index is 13.4. The van der Waals surface area contributed by atoms with Crippen LogP contribution < -0.4 is 0 Å². The van der Waals surface area contributed by atoms with Crippen LogP contribution >= 0.6 is 0 Å². The zero-order chi connectivity index (χ0) is 22.8. The fourth-order valence-electron chi connectivity index (χ4n) is 3.81. The summed E-state index contributed by atoms with van der Waals surface area (Å²) in [4.78, 5) is 15.5. The zero-order valence-electron chi connectivity index (χ0n) is 19.0. The lowest BCUT2D eigenvalue weighted by Gasteiger charge is -2.26. The molecule has 0 radical (unpaired) electrons. The van der Waals surface area contributed by atoms with Crippen LogP contribution in [0.3, 0.4) is 0 Å². The minimum atomic E-state index is -3.70. The van der Waals surface area contributed by atoms with E-state index in [1.165, 1.54) is 0 Å². The van der Waals surface area contributed by atoms with Gasteiger partial charge >= 0.3 is 0 Å². The lowest BCUT2D eigenvalue weighted by Crippen LogP contribution is -2.38. The predicted molar refractivity (Wildman–Crippen MR) is 125 cm³/mol. The van der Waals surface area contributed by atoms with Crippen LogP contribution in [0.4, 0.5) is 0 Å². The second-order valence-electron chi connectivity index (χ2n) is 9.04. The van der Waals surface area contributed by atoms with E-state index in [0.717, 1.165) is 11.1 Å². The fraction of sp³-hybridized carbons (Fsp3) is 0.400. The Morgan fingerprint density at radius 3 is 2.10 bits per heavy atom. The Morgan fingerprint density at radius 2 is 1.52 bits per heavy atom. The van der Waals surface area contributed by atoms with Crippen molar-refractivity contribution in [3.05, 3.63) is 60.3 Å². The van der Waals surface area contributed by atoms with Crippen LogP contribution in [0.2, 0.25) is 0 Å². The Bertz CT molecular complexity index is 1150. The van der Waals surface area contributed by atoms with E-state index in [0.29, 0.717) is 30.3 Å². The average molecular weight is 441 g/mol. The van der Waals surface area contributed by atoms with Gasteiger partial charge in [0.25, 0.3) is 0 Å². The number of hydrogen-bond acceptors (Lipinski definition) is 3. The maximum Gasteiger partial charge on any atom is 0.242 e. The molecule has 0 aliphatic rings. The molecule has 6 heteroatoms. The first-order chi connectivity index (χ1) is 14.6. The number of sulfone groups is 1. The molecule has 5 nitrogen and oxygen atoms in total. The van der Waals surface area contributed by atoms with Gasteiger partial charge in [0, 0.05) is 30.2 Å². The van der Waals surface area contributed by atoms with Gasteiger partial charge in [-0.25, -0.2) is 8.42 Å². The highest BCUT2D eigenvalue weighted by molar-refractivity contribution is 7.91. The van der Waals surface area contributed by atoms with Gasteiger partial charge in [-0.3, -0.25) is 4.79 Å². The monoisotopic (exact) mass is 440 g/mol. The SMILES string of the molecule is Cc1ccc(S(=O)(=O)c2cn(CC(=O)N(CC(C)C)CC(C)C)c3ccccc23)cc1. The molecule has 3 rings (SSSR count). The second kappa shape index (κ2) is 9.27. The number of para-hydroxylation sites is 1. The molecule has 0 aliphatic carbocycles. The Morgan fingerprint density at radius 1 is 0.935 bits per heavy atom. The number of nitrogens with zero attached hydrogens (tertiary/aromatic N) is 2. The minimum absolute atomic E-state index is 0.00226. The van der Waals surface area contributed by atoms with Gasteiger partial charge in [0.15, 0.2) is 0 Å². The molecule has 0 bridgehead atoms. The van der Waals surface area contributed by atoms with Crippen molar-refractivity contribution in [2.45, 2.75) is 51.0 Å². The molecule has 1 heterocycles. The average Bonchev–Trinajstić information content (AvgIpc) is 3.06. The van der Waals surface area contributed by atoms with Crippen LogP contribution in [0.5, 0.6) is 0 Å². The first-order valence-corrected chi connectivity index (χ1v) is 12.2. The normalized spacial score (nSPS) is 12.1. The van der Waals surface area contributed by atoms with E-state index in [-0.39, 0.29) is 22.2 Å². The molecule has 3 aromatic rings. The summed E-state index contributed by atoms with van der Waals surface area (Å²) >= 11 is 0. The quantitative estimate of drug-likeness (QED) is 0.499. The first-order valence-electron chi connectivity index (χ1n) is 10.8. The summed E-state index contributed by atoms with van der Waals surface area (Å²) in [7, 11) is -3.70. The van der Waals surface area contributed by atoms with E-state index in [2.05, 4.69) is 27.7 Å². The molecule has 0 saturated heterocycles. The number of benzene rings is 2. The lowest BCUT2D eigenvalue weighted by atomic mass is 10.1. The molecule has 1 aromatic heterocycles. The molecule has 0 aliphatic heterocycles. The topological polar surface area (TPSA) is 59.4 Å². The summed E-state index contributed by atoms with van der Waals surface area (Å²) in [6.07, 6.45) is 1.61. The summed E-state index contributed by atoms with van der Waals surface area (Å²) in [5.41, 5.74) is 1.75. The highest BCUT2D eigenvalue weighted by Gasteiger charge is 2.25. The van der Waals surface area contributed by atoms with Crippen molar-refractivity contribution in [3.63, 3.8) is 0 Å². The van der Waals surface area contributed by atoms with Gasteiger partial charge in [0.1, 0.15) is 6.54 Å². The highest BCUT2D eigenvalue weighted by atomic mass is 32.2. The first kappa shape index (κ1) is 23.1. The molecule has 31 heavy (non-hydrogen) atoms. The van der Waals surface area contributed by atoms with Crippen molar-refractivity contribution in [3.8, 4) is 0 Å². The van der Waals surface area contributed by atoms with Gasteiger partial charge in [0.2, 0.25) is 15.7 Å². The van der Waals surface area contributed by atoms with Gasteiger partial charge in [0.05, 0.1) is 9.79 Å². The summed E-state index contributed by atoms with van der Waals surface area (Å²) in [5, 5.41) is 0.634. The van der Waals surface area contributed by atoms with Gasteiger partial charge in [-0.05, 0) is 37.0 Å². The summed E-state index contributed by atoms with van der Waals surface area (Å²) in [6.45, 7) is 11.8. The molecule has 0 unspecified atom stereocenters. The fourth-order valence-corrected chi connectivity index (χ4v) is 5.28. The van der Waals surface area contributed by atoms with Crippen molar-refractivity contribution >= 4 is 26.6 Å². The number of aromatic nitrogens is 1. The van der Waals surface area contributed by atoms with E-state index in [9.17, 15) is 13.2 Å². The third-order valence-corrected chi connectivity index (χ3v) is 7.00. The number of carbonyl (C=O) groups excluding carboxylic acids is 1. The Balaban J connectivity index is 2.01. The standard InChI is InChI=1S/C25H32N2O3S/c1-18(2)14-27(15-19(3)4)25(28)17-26-16-24(22-8-6-7-9-23(22)26)31(29,30)21-12-10-20(5)11-13-21/h6-13,16,18-19H,14-15,17H2,1-5H3. The van der Waals surface area contributed by atoms with Gasteiger partial charge in [-0.15, -0.1) is 0 Å². The van der Waals surface area contributed by atoms with Gasteiger partial charge in [-0.1, -0.05) is 63.6 Å². The molecular formula is C25H32N2O3S. The third-order valence-electron chi connectivity index (χ3n) is 5.20. The van der Waals surface area contributed by atoms with Crippen LogP contribution in [-0.2, 0) is 21.2 Å². The molecule has 0 N–H and O–H groups in total. The molecule has 0 atom stereocenters. The molecule has 0 fully saturated rings. The van der Waals surface area contributed by atoms with Gasteiger partial charge < -0.3 is 9.47 Å². The third kappa shape index (κ3) is 5.18. The van der Waals surface area contributed by atoms with Crippen molar-refractivity contribution < 1.29 is 13.2 Å². The highest BCUT2D eigenvalue weighted by Crippen LogP contribution is 2.30. The van der Waals surface area contributed by atoms with Crippen molar-refractivity contribution in [1.29, 1.82) is 0 Å². The smallest absolute Gasteiger partial charge is 0.242 e. The van der Waals surface area contributed by atoms with Crippen LogP contribution in [0.1, 0.15) is 33.3 Å². The van der Waals surface area contributed by atoms with Crippen LogP contribution in [-0.4, -0.2) is 36.9 Å². The molecule has 1 amide bonds. The van der Waals surface area contributed by atoms with Crippen molar-refractivity contribution in [2.24, 2.45) is 11.8 Å². The van der Waals surface area contributed by atoms with Crippen molar-refractivity contribution in [1.82, 2.24) is 9.47 Å². The summed E-state index contributed by atoms with van der Waals surface area (Å²) in [5.74, 6) is 0.727. The van der Waals surface area contributed by atoms with Crippen LogP contribution in [0, 0.1) is 18.8 Å². The molecule has 2 aromatic carbocycles. The van der Waals surface area contributed by atoms with Gasteiger partial charge in [-0.2, -0.15) is 0 Å². The van der Waals surface area contributed by atoms with Crippen molar-refractivity contribution in [2.75, 3.05) is 13.1 Å². The largest absolute Gasteiger partial charge is 0.341 e. The predicted octanol–water partition coefficient (Wildman–Crippen LogP) is 4.92. The van der Waals surface area contributed by atoms with E-state index < -0.39 is 9.84 Å². The summed E-state index contributed by atoms with van der Waals surface area (Å²) in [6, 6.07) is 14.2. The number of hydrogen-bond donors (Lipinski definition) is 0. The van der Waals surface area contributed by atoms with Crippen LogP contribution in [0.15, 0.2) is 64.5 Å².